The first-order valence-corrected chi connectivity index (χ1v) is 7.51. The molecule has 0 aromatic carbocycles. The molecule has 158 valence electrons. The number of rotatable bonds is 8. The summed E-state index contributed by atoms with van der Waals surface area (Å²) in [5.41, 5.74) is -1.53. The Morgan fingerprint density at radius 2 is 1.48 bits per heavy atom. The molecule has 0 heterocycles. The van der Waals surface area contributed by atoms with Crippen LogP contribution in [0.2, 0.25) is 0 Å². The fourth-order valence-corrected chi connectivity index (χ4v) is 1.50. The molecule has 0 radical (unpaired) electrons. The highest BCUT2D eigenvalue weighted by atomic mass is 32.1. The van der Waals surface area contributed by atoms with Gasteiger partial charge in [0, 0.05) is 12.5 Å². The van der Waals surface area contributed by atoms with Crippen molar-refractivity contribution in [2.75, 3.05) is 6.61 Å². The van der Waals surface area contributed by atoms with Gasteiger partial charge in [0.2, 0.25) is 0 Å². The van der Waals surface area contributed by atoms with Gasteiger partial charge in [0.15, 0.2) is 0 Å². The number of thiol groups is 1. The van der Waals surface area contributed by atoms with E-state index in [2.05, 4.69) is 33.4 Å². The molecule has 0 aliphatic heterocycles. The van der Waals surface area contributed by atoms with Gasteiger partial charge in [-0.1, -0.05) is 19.2 Å². The van der Waals surface area contributed by atoms with Crippen molar-refractivity contribution in [2.24, 2.45) is 0 Å². The number of esters is 2. The van der Waals surface area contributed by atoms with E-state index in [9.17, 15) is 40.3 Å². The molecular formula is C14H17F7O5S. The Kier molecular flexibility index (Phi) is 7.79. The summed E-state index contributed by atoms with van der Waals surface area (Å²) in [5.74, 6) is -13.4. The fourth-order valence-electron chi connectivity index (χ4n) is 1.39. The lowest BCUT2D eigenvalue weighted by molar-refractivity contribution is -0.359. The van der Waals surface area contributed by atoms with Crippen LogP contribution < -0.4 is 0 Å². The minimum Gasteiger partial charge on any atom is -0.455 e. The second kappa shape index (κ2) is 8.25. The second-order valence-electron chi connectivity index (χ2n) is 6.09. The number of ether oxygens (including phenoxy) is 3. The van der Waals surface area contributed by atoms with E-state index in [4.69, 9.17) is 0 Å². The third-order valence-electron chi connectivity index (χ3n) is 2.61. The molecule has 0 bridgehead atoms. The van der Waals surface area contributed by atoms with Crippen LogP contribution in [0.5, 0.6) is 0 Å². The number of carbonyl (C=O) groups excluding carboxylic acids is 2. The summed E-state index contributed by atoms with van der Waals surface area (Å²) in [6.07, 6.45) is -7.53. The first-order valence-electron chi connectivity index (χ1n) is 7.06. The molecule has 0 amide bonds. The van der Waals surface area contributed by atoms with Gasteiger partial charge in [-0.3, -0.25) is 0 Å². The summed E-state index contributed by atoms with van der Waals surface area (Å²) in [7, 11) is 0. The van der Waals surface area contributed by atoms with E-state index in [1.54, 1.807) is 0 Å². The molecule has 0 aliphatic carbocycles. The van der Waals surface area contributed by atoms with Gasteiger partial charge in [-0.2, -0.15) is 30.7 Å². The van der Waals surface area contributed by atoms with Crippen LogP contribution in [0.25, 0.3) is 0 Å². The first-order chi connectivity index (χ1) is 11.8. The topological polar surface area (TPSA) is 61.8 Å². The second-order valence-corrected chi connectivity index (χ2v) is 6.65. The van der Waals surface area contributed by atoms with Crippen molar-refractivity contribution in [1.29, 1.82) is 0 Å². The van der Waals surface area contributed by atoms with Crippen LogP contribution in [0.3, 0.4) is 0 Å². The molecule has 5 nitrogen and oxygen atoms in total. The van der Waals surface area contributed by atoms with E-state index in [0.717, 1.165) is 20.8 Å². The first kappa shape index (κ1) is 25.5. The fraction of sp³-hybridized carbons (Fsp3) is 0.714. The lowest BCUT2D eigenvalue weighted by atomic mass is 10.1. The third-order valence-corrected chi connectivity index (χ3v) is 2.94. The Morgan fingerprint density at radius 3 is 1.81 bits per heavy atom. The number of alkyl halides is 7. The lowest BCUT2D eigenvalue weighted by Crippen LogP contribution is -2.59. The zero-order valence-corrected chi connectivity index (χ0v) is 15.2. The van der Waals surface area contributed by atoms with Crippen LogP contribution in [0, 0.1) is 0 Å². The smallest absolute Gasteiger partial charge is 0.455 e. The normalized spacial score (nSPS) is 15.7. The average Bonchev–Trinajstić information content (AvgIpc) is 2.41. The van der Waals surface area contributed by atoms with Crippen LogP contribution in [-0.2, 0) is 23.8 Å². The minimum atomic E-state index is -5.80. The van der Waals surface area contributed by atoms with Crippen molar-refractivity contribution in [3.63, 3.8) is 0 Å². The van der Waals surface area contributed by atoms with E-state index < -0.39 is 53.7 Å². The third kappa shape index (κ3) is 6.87. The lowest BCUT2D eigenvalue weighted by Gasteiger charge is -2.34. The van der Waals surface area contributed by atoms with Crippen LogP contribution in [-0.4, -0.2) is 47.3 Å². The van der Waals surface area contributed by atoms with E-state index in [1.165, 1.54) is 0 Å². The van der Waals surface area contributed by atoms with Crippen molar-refractivity contribution in [3.05, 3.63) is 12.7 Å². The van der Waals surface area contributed by atoms with Crippen molar-refractivity contribution in [2.45, 2.75) is 55.9 Å². The Balaban J connectivity index is 5.84. The number of carbonyl (C=O) groups is 2. The molecule has 0 saturated carbocycles. The highest BCUT2D eigenvalue weighted by Crippen LogP contribution is 2.42. The van der Waals surface area contributed by atoms with Crippen molar-refractivity contribution in [3.8, 4) is 0 Å². The Labute approximate surface area is 155 Å². The van der Waals surface area contributed by atoms with Crippen LogP contribution in [0.1, 0.15) is 27.2 Å². The molecule has 0 rings (SSSR count). The van der Waals surface area contributed by atoms with E-state index >= 15 is 0 Å². The van der Waals surface area contributed by atoms with Gasteiger partial charge in [0.1, 0.15) is 5.60 Å². The summed E-state index contributed by atoms with van der Waals surface area (Å²) < 4.78 is 105. The summed E-state index contributed by atoms with van der Waals surface area (Å²) in [5, 5.41) is -4.87. The molecule has 0 spiro atoms. The van der Waals surface area contributed by atoms with Gasteiger partial charge in [0.05, 0.1) is 6.61 Å². The SMILES string of the molecule is C=CC(=O)OC(OCCC(F)(F)C(F)(F)S)(C(=O)OC(C)(C)C)C(F)(F)F. The van der Waals surface area contributed by atoms with Crippen molar-refractivity contribution >= 4 is 24.6 Å². The Bertz CT molecular complexity index is 566. The van der Waals surface area contributed by atoms with Crippen LogP contribution in [0.15, 0.2) is 12.7 Å². The van der Waals surface area contributed by atoms with Gasteiger partial charge < -0.3 is 14.2 Å². The highest BCUT2D eigenvalue weighted by Gasteiger charge is 2.68. The molecular weight excluding hydrogens is 413 g/mol. The molecule has 0 aliphatic rings. The molecule has 0 aromatic rings. The van der Waals surface area contributed by atoms with Crippen LogP contribution >= 0.6 is 12.6 Å². The molecule has 1 unspecified atom stereocenters. The Morgan fingerprint density at radius 1 is 1.00 bits per heavy atom. The largest absolute Gasteiger partial charge is 0.468 e. The summed E-state index contributed by atoms with van der Waals surface area (Å²) in [4.78, 5) is 23.3. The standard InChI is InChI=1S/C14H17F7O5S/c1-5-8(22)25-12(13(17,18)19,9(23)26-10(2,3)4)24-7-6-11(15,16)14(20,21)27/h5,27H,1,6-7H2,2-4H3. The summed E-state index contributed by atoms with van der Waals surface area (Å²) >= 11 is 2.35. The minimum absolute atomic E-state index is 0.241. The number of hydrogen-bond acceptors (Lipinski definition) is 6. The molecule has 0 aromatic heterocycles. The van der Waals surface area contributed by atoms with E-state index in [-0.39, 0.29) is 6.08 Å². The summed E-state index contributed by atoms with van der Waals surface area (Å²) in [6, 6.07) is 0. The molecule has 13 heteroatoms. The monoisotopic (exact) mass is 430 g/mol. The maximum absolute atomic E-state index is 13.5. The number of halogens is 7. The molecule has 1 atom stereocenters. The van der Waals surface area contributed by atoms with Gasteiger partial charge in [-0.15, -0.1) is 0 Å². The van der Waals surface area contributed by atoms with Crippen molar-refractivity contribution in [1.82, 2.24) is 0 Å². The van der Waals surface area contributed by atoms with E-state index in [1.807, 2.05) is 0 Å². The predicted molar refractivity (Wildman–Crippen MR) is 80.4 cm³/mol. The highest BCUT2D eigenvalue weighted by molar-refractivity contribution is 7.81. The molecule has 0 saturated heterocycles. The van der Waals surface area contributed by atoms with Gasteiger partial charge in [0.25, 0.3) is 0 Å². The van der Waals surface area contributed by atoms with Gasteiger partial charge in [-0.25, -0.2) is 9.59 Å². The average molecular weight is 430 g/mol. The van der Waals surface area contributed by atoms with Gasteiger partial charge >= 0.3 is 35.1 Å². The van der Waals surface area contributed by atoms with Gasteiger partial charge in [-0.05, 0) is 20.8 Å². The molecule has 0 N–H and O–H groups in total. The number of hydrogen-bond donors (Lipinski definition) is 1. The molecule has 0 fully saturated rings. The van der Waals surface area contributed by atoms with Crippen molar-refractivity contribution < 1.29 is 54.5 Å². The Hall–Kier alpha value is -1.50. The quantitative estimate of drug-likeness (QED) is 0.208. The zero-order valence-electron chi connectivity index (χ0n) is 14.3. The van der Waals surface area contributed by atoms with Crippen LogP contribution in [0.4, 0.5) is 30.7 Å². The summed E-state index contributed by atoms with van der Waals surface area (Å²) in [6.45, 7) is 4.57. The predicted octanol–water partition coefficient (Wildman–Crippen LogP) is 3.88. The van der Waals surface area contributed by atoms with E-state index in [0.29, 0.717) is 0 Å². The zero-order chi connectivity index (χ0) is 21.9. The molecule has 27 heavy (non-hydrogen) atoms. The maximum atomic E-state index is 13.5. The maximum Gasteiger partial charge on any atom is 0.468 e.